The Morgan fingerprint density at radius 3 is 2.18 bits per heavy atom. The van der Waals surface area contributed by atoms with Crippen molar-refractivity contribution in [2.45, 2.75) is 24.3 Å². The maximum absolute atomic E-state index is 12.5. The molecule has 3 rings (SSSR count). The number of amides is 2. The monoisotopic (exact) mass is 401 g/mol. The molecule has 28 heavy (non-hydrogen) atoms. The number of rotatable bonds is 7. The topological polar surface area (TPSA) is 95.6 Å². The predicted octanol–water partition coefficient (Wildman–Crippen LogP) is 1.52. The zero-order valence-electron chi connectivity index (χ0n) is 15.4. The molecule has 0 saturated carbocycles. The molecule has 148 valence electrons. The summed E-state index contributed by atoms with van der Waals surface area (Å²) in [4.78, 5) is 24.1. The maximum Gasteiger partial charge on any atom is 0.251 e. The molecule has 8 heteroatoms. The van der Waals surface area contributed by atoms with Crippen LogP contribution in [-0.2, 0) is 21.4 Å². The highest BCUT2D eigenvalue weighted by molar-refractivity contribution is 7.89. The van der Waals surface area contributed by atoms with Crippen molar-refractivity contribution < 1.29 is 18.0 Å². The molecule has 1 fully saturated rings. The van der Waals surface area contributed by atoms with Crippen molar-refractivity contribution in [3.05, 3.63) is 65.7 Å². The van der Waals surface area contributed by atoms with Crippen molar-refractivity contribution in [2.24, 2.45) is 0 Å². The van der Waals surface area contributed by atoms with Gasteiger partial charge in [-0.1, -0.05) is 30.3 Å². The minimum absolute atomic E-state index is 0.130. The molecule has 1 heterocycles. The summed E-state index contributed by atoms with van der Waals surface area (Å²) in [7, 11) is -3.43. The van der Waals surface area contributed by atoms with Crippen LogP contribution in [-0.4, -0.2) is 44.2 Å². The van der Waals surface area contributed by atoms with Crippen molar-refractivity contribution in [3.63, 3.8) is 0 Å². The van der Waals surface area contributed by atoms with Gasteiger partial charge in [0.05, 0.1) is 11.4 Å². The quantitative estimate of drug-likeness (QED) is 0.735. The second-order valence-electron chi connectivity index (χ2n) is 6.58. The van der Waals surface area contributed by atoms with Gasteiger partial charge in [-0.05, 0) is 42.7 Å². The largest absolute Gasteiger partial charge is 0.350 e. The van der Waals surface area contributed by atoms with E-state index in [2.05, 4.69) is 10.6 Å². The summed E-state index contributed by atoms with van der Waals surface area (Å²) in [6, 6.07) is 15.2. The van der Waals surface area contributed by atoms with Gasteiger partial charge in [0.25, 0.3) is 5.91 Å². The Labute approximate surface area is 164 Å². The van der Waals surface area contributed by atoms with Gasteiger partial charge in [0.15, 0.2) is 0 Å². The predicted molar refractivity (Wildman–Crippen MR) is 105 cm³/mol. The molecule has 0 spiro atoms. The van der Waals surface area contributed by atoms with Crippen LogP contribution in [0.2, 0.25) is 0 Å². The number of nitrogens with zero attached hydrogens (tertiary/aromatic N) is 1. The van der Waals surface area contributed by atoms with Crippen LogP contribution < -0.4 is 10.6 Å². The lowest BCUT2D eigenvalue weighted by Gasteiger charge is -2.15. The summed E-state index contributed by atoms with van der Waals surface area (Å²) in [5.41, 5.74) is 1.27. The molecular formula is C20H23N3O4S. The van der Waals surface area contributed by atoms with Gasteiger partial charge in [0.2, 0.25) is 15.9 Å². The van der Waals surface area contributed by atoms with Gasteiger partial charge in [-0.2, -0.15) is 4.31 Å². The van der Waals surface area contributed by atoms with Crippen molar-refractivity contribution in [2.75, 3.05) is 19.6 Å². The number of carbonyl (C=O) groups excluding carboxylic acids is 2. The van der Waals surface area contributed by atoms with Crippen LogP contribution in [0.1, 0.15) is 28.8 Å². The van der Waals surface area contributed by atoms with Gasteiger partial charge in [0.1, 0.15) is 0 Å². The van der Waals surface area contributed by atoms with E-state index >= 15 is 0 Å². The third kappa shape index (κ3) is 4.96. The summed E-state index contributed by atoms with van der Waals surface area (Å²) >= 11 is 0. The first-order valence-electron chi connectivity index (χ1n) is 9.16. The number of benzene rings is 2. The number of sulfonamides is 1. The Morgan fingerprint density at radius 2 is 1.54 bits per heavy atom. The zero-order valence-corrected chi connectivity index (χ0v) is 16.2. The second kappa shape index (κ2) is 8.99. The SMILES string of the molecule is O=C(CNC(=O)c1ccccc1)NCc1ccc(S(=O)(=O)N2CCCC2)cc1. The Balaban J connectivity index is 1.48. The molecule has 2 N–H and O–H groups in total. The maximum atomic E-state index is 12.5. The third-order valence-electron chi connectivity index (χ3n) is 4.56. The standard InChI is InChI=1S/C20H23N3O4S/c24-19(15-22-20(25)17-6-2-1-3-7-17)21-14-16-8-10-18(11-9-16)28(26,27)23-12-4-5-13-23/h1-3,6-11H,4-5,12-15H2,(H,21,24)(H,22,25). The Morgan fingerprint density at radius 1 is 0.893 bits per heavy atom. The molecule has 0 bridgehead atoms. The highest BCUT2D eigenvalue weighted by atomic mass is 32.2. The van der Waals surface area contributed by atoms with Crippen LogP contribution >= 0.6 is 0 Å². The molecule has 2 amide bonds. The van der Waals surface area contributed by atoms with Crippen LogP contribution in [0, 0.1) is 0 Å². The molecule has 2 aromatic carbocycles. The first kappa shape index (κ1) is 20.0. The van der Waals surface area contributed by atoms with Crippen LogP contribution in [0.3, 0.4) is 0 Å². The summed E-state index contributed by atoms with van der Waals surface area (Å²) in [6.07, 6.45) is 1.79. The van der Waals surface area contributed by atoms with E-state index in [0.29, 0.717) is 18.7 Å². The Bertz CT molecular complexity index is 922. The van der Waals surface area contributed by atoms with Gasteiger partial charge in [0, 0.05) is 25.2 Å². The summed E-state index contributed by atoms with van der Waals surface area (Å²) in [5, 5.41) is 5.26. The Hall–Kier alpha value is -2.71. The lowest BCUT2D eigenvalue weighted by Crippen LogP contribution is -2.36. The van der Waals surface area contributed by atoms with Crippen molar-refractivity contribution >= 4 is 21.8 Å². The fourth-order valence-corrected chi connectivity index (χ4v) is 4.49. The van der Waals surface area contributed by atoms with Gasteiger partial charge in [-0.25, -0.2) is 8.42 Å². The molecule has 0 unspecified atom stereocenters. The van der Waals surface area contributed by atoms with Crippen LogP contribution in [0.4, 0.5) is 0 Å². The van der Waals surface area contributed by atoms with Gasteiger partial charge >= 0.3 is 0 Å². The summed E-state index contributed by atoms with van der Waals surface area (Å²) in [6.45, 7) is 1.25. The van der Waals surface area contributed by atoms with E-state index in [9.17, 15) is 18.0 Å². The first-order chi connectivity index (χ1) is 13.5. The fourth-order valence-electron chi connectivity index (χ4n) is 2.97. The number of nitrogens with one attached hydrogen (secondary N) is 2. The van der Waals surface area contributed by atoms with Crippen LogP contribution in [0.15, 0.2) is 59.5 Å². The smallest absolute Gasteiger partial charge is 0.251 e. The van der Waals surface area contributed by atoms with E-state index < -0.39 is 10.0 Å². The average Bonchev–Trinajstić information content (AvgIpc) is 3.27. The lowest BCUT2D eigenvalue weighted by molar-refractivity contribution is -0.120. The minimum atomic E-state index is -3.43. The molecule has 1 aliphatic heterocycles. The lowest BCUT2D eigenvalue weighted by atomic mass is 10.2. The molecule has 1 saturated heterocycles. The third-order valence-corrected chi connectivity index (χ3v) is 6.47. The molecule has 0 atom stereocenters. The minimum Gasteiger partial charge on any atom is -0.350 e. The summed E-state index contributed by atoms with van der Waals surface area (Å²) < 4.78 is 26.5. The zero-order chi connectivity index (χ0) is 20.0. The van der Waals surface area contributed by atoms with E-state index in [1.165, 1.54) is 4.31 Å². The molecule has 1 aliphatic rings. The van der Waals surface area contributed by atoms with Gasteiger partial charge in [-0.15, -0.1) is 0 Å². The van der Waals surface area contributed by atoms with E-state index in [1.807, 2.05) is 6.07 Å². The van der Waals surface area contributed by atoms with Crippen LogP contribution in [0.25, 0.3) is 0 Å². The van der Waals surface area contributed by atoms with Crippen molar-refractivity contribution in [1.29, 1.82) is 0 Å². The van der Waals surface area contributed by atoms with Crippen molar-refractivity contribution in [3.8, 4) is 0 Å². The second-order valence-corrected chi connectivity index (χ2v) is 8.52. The van der Waals surface area contributed by atoms with E-state index in [0.717, 1.165) is 18.4 Å². The fraction of sp³-hybridized carbons (Fsp3) is 0.300. The number of carbonyl (C=O) groups is 2. The molecule has 0 aliphatic carbocycles. The first-order valence-corrected chi connectivity index (χ1v) is 10.6. The highest BCUT2D eigenvalue weighted by Gasteiger charge is 2.26. The number of hydrogen-bond acceptors (Lipinski definition) is 4. The van der Waals surface area contributed by atoms with E-state index in [-0.39, 0.29) is 29.8 Å². The molecule has 2 aromatic rings. The van der Waals surface area contributed by atoms with Gasteiger partial charge < -0.3 is 10.6 Å². The average molecular weight is 401 g/mol. The van der Waals surface area contributed by atoms with Crippen LogP contribution in [0.5, 0.6) is 0 Å². The molecular weight excluding hydrogens is 378 g/mol. The highest BCUT2D eigenvalue weighted by Crippen LogP contribution is 2.21. The normalized spacial score (nSPS) is 14.6. The molecule has 7 nitrogen and oxygen atoms in total. The van der Waals surface area contributed by atoms with E-state index in [1.54, 1.807) is 48.5 Å². The molecule has 0 aromatic heterocycles. The molecule has 0 radical (unpaired) electrons. The van der Waals surface area contributed by atoms with E-state index in [4.69, 9.17) is 0 Å². The summed E-state index contributed by atoms with van der Waals surface area (Å²) in [5.74, 6) is -0.634. The van der Waals surface area contributed by atoms with Gasteiger partial charge in [-0.3, -0.25) is 9.59 Å². The number of hydrogen-bond donors (Lipinski definition) is 2. The van der Waals surface area contributed by atoms with Crippen molar-refractivity contribution in [1.82, 2.24) is 14.9 Å². The Kier molecular flexibility index (Phi) is 6.43.